The van der Waals surface area contributed by atoms with Crippen molar-refractivity contribution < 1.29 is 4.79 Å². The van der Waals surface area contributed by atoms with Crippen LogP contribution in [-0.2, 0) is 0 Å². The number of halogens is 2. The highest BCUT2D eigenvalue weighted by Gasteiger charge is 2.22. The summed E-state index contributed by atoms with van der Waals surface area (Å²) in [7, 11) is 0. The molecule has 2 aromatic rings. The van der Waals surface area contributed by atoms with E-state index < -0.39 is 0 Å². The van der Waals surface area contributed by atoms with E-state index in [1.807, 2.05) is 17.0 Å². The molecule has 0 spiro atoms. The van der Waals surface area contributed by atoms with Gasteiger partial charge in [-0.25, -0.2) is 0 Å². The maximum absolute atomic E-state index is 12.5. The van der Waals surface area contributed by atoms with E-state index in [1.165, 1.54) is 5.69 Å². The summed E-state index contributed by atoms with van der Waals surface area (Å²) in [5, 5.41) is 0.649. The third-order valence-corrected chi connectivity index (χ3v) is 4.58. The van der Waals surface area contributed by atoms with Gasteiger partial charge in [-0.1, -0.05) is 33.6 Å². The third kappa shape index (κ3) is 3.45. The van der Waals surface area contributed by atoms with Crippen molar-refractivity contribution in [2.75, 3.05) is 31.1 Å². The molecule has 0 radical (unpaired) electrons. The summed E-state index contributed by atoms with van der Waals surface area (Å²) in [6.07, 6.45) is 0. The molecule has 2 aromatic carbocycles. The first-order valence-electron chi connectivity index (χ1n) is 7.19. The van der Waals surface area contributed by atoms with Crippen LogP contribution in [0.3, 0.4) is 0 Å². The molecule has 3 nitrogen and oxygen atoms in total. The highest BCUT2D eigenvalue weighted by Crippen LogP contribution is 2.21. The van der Waals surface area contributed by atoms with Gasteiger partial charge in [-0.05, 0) is 42.5 Å². The monoisotopic (exact) mass is 378 g/mol. The Labute approximate surface area is 143 Å². The second-order valence-corrected chi connectivity index (χ2v) is 6.62. The summed E-state index contributed by atoms with van der Waals surface area (Å²) >= 11 is 9.36. The molecule has 0 unspecified atom stereocenters. The third-order valence-electron chi connectivity index (χ3n) is 3.83. The summed E-state index contributed by atoms with van der Waals surface area (Å²) < 4.78 is 1.07. The molecule has 1 amide bonds. The predicted octanol–water partition coefficient (Wildman–Crippen LogP) is 4.06. The minimum Gasteiger partial charge on any atom is -0.368 e. The number of nitrogens with zero attached hydrogens (tertiary/aromatic N) is 2. The zero-order valence-electron chi connectivity index (χ0n) is 12.0. The number of hydrogen-bond acceptors (Lipinski definition) is 2. The Balaban J connectivity index is 1.64. The smallest absolute Gasteiger partial charge is 0.253 e. The van der Waals surface area contributed by atoms with Crippen molar-refractivity contribution in [3.8, 4) is 0 Å². The lowest BCUT2D eigenvalue weighted by Crippen LogP contribution is -2.48. The van der Waals surface area contributed by atoms with E-state index >= 15 is 0 Å². The molecule has 0 atom stereocenters. The zero-order valence-corrected chi connectivity index (χ0v) is 14.3. The molecule has 1 aliphatic rings. The van der Waals surface area contributed by atoms with Crippen LogP contribution in [0.4, 0.5) is 5.69 Å². The van der Waals surface area contributed by atoms with E-state index in [2.05, 4.69) is 33.0 Å². The number of carbonyl (C=O) groups excluding carboxylic acids is 1. The van der Waals surface area contributed by atoms with E-state index in [9.17, 15) is 4.79 Å². The van der Waals surface area contributed by atoms with E-state index in [1.54, 1.807) is 24.3 Å². The van der Waals surface area contributed by atoms with Gasteiger partial charge in [0.1, 0.15) is 0 Å². The van der Waals surface area contributed by atoms with Crippen LogP contribution in [0.2, 0.25) is 5.02 Å². The van der Waals surface area contributed by atoms with Crippen LogP contribution in [-0.4, -0.2) is 37.0 Å². The quantitative estimate of drug-likeness (QED) is 0.785. The molecule has 0 saturated carbocycles. The Morgan fingerprint density at radius 1 is 1.00 bits per heavy atom. The highest BCUT2D eigenvalue weighted by molar-refractivity contribution is 9.10. The van der Waals surface area contributed by atoms with E-state index in [-0.39, 0.29) is 5.91 Å². The molecule has 1 saturated heterocycles. The number of hydrogen-bond donors (Lipinski definition) is 0. The van der Waals surface area contributed by atoms with Gasteiger partial charge in [0.15, 0.2) is 0 Å². The molecule has 0 aliphatic carbocycles. The second-order valence-electron chi connectivity index (χ2n) is 5.27. The highest BCUT2D eigenvalue weighted by atomic mass is 79.9. The lowest BCUT2D eigenvalue weighted by atomic mass is 10.1. The number of carbonyl (C=O) groups is 1. The van der Waals surface area contributed by atoms with Gasteiger partial charge in [0.25, 0.3) is 5.91 Å². The van der Waals surface area contributed by atoms with Crippen LogP contribution in [0.1, 0.15) is 10.4 Å². The SMILES string of the molecule is O=C(c1ccc(Cl)cc1)N1CCN(c2cccc(Br)c2)CC1. The van der Waals surface area contributed by atoms with E-state index in [4.69, 9.17) is 11.6 Å². The average molecular weight is 380 g/mol. The summed E-state index contributed by atoms with van der Waals surface area (Å²) in [5.41, 5.74) is 1.88. The first kappa shape index (κ1) is 15.4. The number of anilines is 1. The molecule has 22 heavy (non-hydrogen) atoms. The number of rotatable bonds is 2. The Bertz CT molecular complexity index is 667. The molecule has 3 rings (SSSR count). The van der Waals surface area contributed by atoms with E-state index in [0.717, 1.165) is 30.7 Å². The lowest BCUT2D eigenvalue weighted by molar-refractivity contribution is 0.0747. The van der Waals surface area contributed by atoms with Crippen LogP contribution in [0.25, 0.3) is 0 Å². The molecular formula is C17H16BrClN2O. The van der Waals surface area contributed by atoms with Crippen LogP contribution in [0, 0.1) is 0 Å². The maximum Gasteiger partial charge on any atom is 0.253 e. The molecule has 1 heterocycles. The molecule has 0 bridgehead atoms. The number of piperazine rings is 1. The van der Waals surface area contributed by atoms with Crippen molar-refractivity contribution in [2.45, 2.75) is 0 Å². The average Bonchev–Trinajstić information content (AvgIpc) is 2.55. The van der Waals surface area contributed by atoms with Gasteiger partial charge in [0, 0.05) is 46.9 Å². The van der Waals surface area contributed by atoms with Gasteiger partial charge >= 0.3 is 0 Å². The minimum atomic E-state index is 0.0746. The molecule has 0 N–H and O–H groups in total. The van der Waals surface area contributed by atoms with Crippen molar-refractivity contribution in [1.29, 1.82) is 0 Å². The van der Waals surface area contributed by atoms with Crippen molar-refractivity contribution in [3.05, 3.63) is 63.6 Å². The Hall–Kier alpha value is -1.52. The summed E-state index contributed by atoms with van der Waals surface area (Å²) in [4.78, 5) is 16.7. The largest absolute Gasteiger partial charge is 0.368 e. The summed E-state index contributed by atoms with van der Waals surface area (Å²) in [6, 6.07) is 15.3. The molecular weight excluding hydrogens is 364 g/mol. The van der Waals surface area contributed by atoms with Gasteiger partial charge < -0.3 is 9.80 Å². The van der Waals surface area contributed by atoms with Gasteiger partial charge in [-0.2, -0.15) is 0 Å². The van der Waals surface area contributed by atoms with Crippen LogP contribution in [0.15, 0.2) is 53.0 Å². The minimum absolute atomic E-state index is 0.0746. The van der Waals surface area contributed by atoms with Crippen LogP contribution < -0.4 is 4.90 Å². The van der Waals surface area contributed by atoms with Crippen LogP contribution >= 0.6 is 27.5 Å². The van der Waals surface area contributed by atoms with Crippen molar-refractivity contribution in [1.82, 2.24) is 4.90 Å². The molecule has 0 aromatic heterocycles. The molecule has 1 aliphatic heterocycles. The van der Waals surface area contributed by atoms with Crippen molar-refractivity contribution in [3.63, 3.8) is 0 Å². The standard InChI is InChI=1S/C17H16BrClN2O/c18-14-2-1-3-16(12-14)20-8-10-21(11-9-20)17(22)13-4-6-15(19)7-5-13/h1-7,12H,8-11H2. The summed E-state index contributed by atoms with van der Waals surface area (Å²) in [5.74, 6) is 0.0746. The van der Waals surface area contributed by atoms with E-state index in [0.29, 0.717) is 10.6 Å². The Kier molecular flexibility index (Phi) is 4.69. The first-order chi connectivity index (χ1) is 10.6. The van der Waals surface area contributed by atoms with Gasteiger partial charge in [-0.15, -0.1) is 0 Å². The van der Waals surface area contributed by atoms with Crippen molar-refractivity contribution in [2.24, 2.45) is 0 Å². The van der Waals surface area contributed by atoms with Gasteiger partial charge in [-0.3, -0.25) is 4.79 Å². The molecule has 1 fully saturated rings. The van der Waals surface area contributed by atoms with Gasteiger partial charge in [0.2, 0.25) is 0 Å². The fourth-order valence-electron chi connectivity index (χ4n) is 2.62. The fraction of sp³-hybridized carbons (Fsp3) is 0.235. The number of benzene rings is 2. The van der Waals surface area contributed by atoms with Gasteiger partial charge in [0.05, 0.1) is 0 Å². The predicted molar refractivity (Wildman–Crippen MR) is 93.7 cm³/mol. The fourth-order valence-corrected chi connectivity index (χ4v) is 3.13. The summed E-state index contributed by atoms with van der Waals surface area (Å²) in [6.45, 7) is 3.15. The maximum atomic E-state index is 12.5. The first-order valence-corrected chi connectivity index (χ1v) is 8.36. The molecule has 114 valence electrons. The Morgan fingerprint density at radius 2 is 1.68 bits per heavy atom. The Morgan fingerprint density at radius 3 is 2.32 bits per heavy atom. The zero-order chi connectivity index (χ0) is 15.5. The molecule has 5 heteroatoms. The number of amides is 1. The van der Waals surface area contributed by atoms with Crippen LogP contribution in [0.5, 0.6) is 0 Å². The van der Waals surface area contributed by atoms with Crippen molar-refractivity contribution >= 4 is 39.1 Å². The topological polar surface area (TPSA) is 23.6 Å². The lowest BCUT2D eigenvalue weighted by Gasteiger charge is -2.36. The second kappa shape index (κ2) is 6.71. The normalized spacial score (nSPS) is 15.0.